The predicted molar refractivity (Wildman–Crippen MR) is 65.7 cm³/mol. The Hall–Kier alpha value is -1.53. The van der Waals surface area contributed by atoms with Crippen molar-refractivity contribution in [3.05, 3.63) is 30.3 Å². The third-order valence-electron chi connectivity index (χ3n) is 2.41. The second-order valence-electron chi connectivity index (χ2n) is 3.79. The van der Waals surface area contributed by atoms with E-state index in [2.05, 4.69) is 0 Å². The molecule has 98 valence electrons. The average Bonchev–Trinajstić information content (AvgIpc) is 2.34. The van der Waals surface area contributed by atoms with Gasteiger partial charge in [0.25, 0.3) is 0 Å². The third kappa shape index (κ3) is 4.77. The van der Waals surface area contributed by atoms with Gasteiger partial charge in [0.1, 0.15) is 11.7 Å². The van der Waals surface area contributed by atoms with Crippen LogP contribution in [-0.2, 0) is 20.8 Å². The molecule has 18 heavy (non-hydrogen) atoms. The minimum absolute atomic E-state index is 0.0107. The average molecular weight is 270 g/mol. The number of carboxylic acids is 2. The monoisotopic (exact) mass is 270 g/mol. The number of rotatable bonds is 7. The minimum atomic E-state index is -1.42. The zero-order valence-electron chi connectivity index (χ0n) is 9.61. The predicted octanol–water partition coefficient (Wildman–Crippen LogP) is 1.36. The molecule has 6 heteroatoms. The van der Waals surface area contributed by atoms with Crippen molar-refractivity contribution in [2.45, 2.75) is 17.7 Å². The van der Waals surface area contributed by atoms with Gasteiger partial charge in [-0.05, 0) is 29.7 Å². The van der Waals surface area contributed by atoms with E-state index in [1.165, 1.54) is 0 Å². The topological polar surface area (TPSA) is 97.7 Å². The van der Waals surface area contributed by atoms with Gasteiger partial charge in [-0.15, -0.1) is 0 Å². The van der Waals surface area contributed by atoms with Crippen molar-refractivity contribution in [3.63, 3.8) is 0 Å². The number of carbonyl (C=O) groups is 2. The lowest BCUT2D eigenvalue weighted by molar-refractivity contribution is -0.142. The molecule has 5 nitrogen and oxygen atoms in total. The van der Waals surface area contributed by atoms with E-state index in [4.69, 9.17) is 10.2 Å². The van der Waals surface area contributed by atoms with Gasteiger partial charge in [0.15, 0.2) is 4.90 Å². The lowest BCUT2D eigenvalue weighted by atomic mass is 10.1. The lowest BCUT2D eigenvalue weighted by Gasteiger charge is -2.15. The van der Waals surface area contributed by atoms with Crippen molar-refractivity contribution in [1.82, 2.24) is 0 Å². The molecule has 0 bridgehead atoms. The van der Waals surface area contributed by atoms with Crippen molar-refractivity contribution in [2.75, 3.05) is 5.75 Å². The summed E-state index contributed by atoms with van der Waals surface area (Å²) in [6.45, 7) is 0. The molecule has 0 heterocycles. The molecule has 1 aromatic rings. The van der Waals surface area contributed by atoms with E-state index in [1.807, 2.05) is 0 Å². The Kier molecular flexibility index (Phi) is 5.67. The smallest absolute Gasteiger partial charge is 0.311 e. The fourth-order valence-corrected chi connectivity index (χ4v) is 2.75. The Morgan fingerprint density at radius 1 is 1.22 bits per heavy atom. The zero-order chi connectivity index (χ0) is 13.5. The van der Waals surface area contributed by atoms with E-state index >= 15 is 0 Å². The van der Waals surface area contributed by atoms with Crippen LogP contribution >= 0.6 is 0 Å². The number of aliphatic carboxylic acids is 2. The molecule has 0 spiro atoms. The van der Waals surface area contributed by atoms with Crippen LogP contribution in [0.15, 0.2) is 35.2 Å². The van der Waals surface area contributed by atoms with Crippen LogP contribution in [0.3, 0.4) is 0 Å². The van der Waals surface area contributed by atoms with Gasteiger partial charge >= 0.3 is 11.9 Å². The van der Waals surface area contributed by atoms with Crippen LogP contribution in [0.1, 0.15) is 12.8 Å². The fourth-order valence-electron chi connectivity index (χ4n) is 1.43. The van der Waals surface area contributed by atoms with E-state index in [0.717, 1.165) is 0 Å². The van der Waals surface area contributed by atoms with Crippen LogP contribution in [0.25, 0.3) is 0 Å². The first-order valence-electron chi connectivity index (χ1n) is 5.38. The van der Waals surface area contributed by atoms with Crippen molar-refractivity contribution in [3.8, 4) is 0 Å². The van der Waals surface area contributed by atoms with Crippen LogP contribution < -0.4 is 0 Å². The Morgan fingerprint density at radius 2 is 1.83 bits per heavy atom. The fraction of sp³-hybridized carbons (Fsp3) is 0.333. The van der Waals surface area contributed by atoms with E-state index in [1.54, 1.807) is 30.3 Å². The molecule has 0 amide bonds. The molecule has 2 N–H and O–H groups in total. The van der Waals surface area contributed by atoms with Gasteiger partial charge < -0.3 is 14.8 Å². The van der Waals surface area contributed by atoms with Gasteiger partial charge in [-0.25, -0.2) is 0 Å². The van der Waals surface area contributed by atoms with E-state index in [-0.39, 0.29) is 18.6 Å². The van der Waals surface area contributed by atoms with Crippen LogP contribution in [-0.4, -0.2) is 32.5 Å². The van der Waals surface area contributed by atoms with E-state index in [0.29, 0.717) is 4.90 Å². The van der Waals surface area contributed by atoms with E-state index in [9.17, 15) is 14.1 Å². The van der Waals surface area contributed by atoms with Crippen molar-refractivity contribution < 1.29 is 24.4 Å². The minimum Gasteiger partial charge on any atom is -0.611 e. The first-order valence-corrected chi connectivity index (χ1v) is 6.70. The van der Waals surface area contributed by atoms with Gasteiger partial charge in [0.05, 0.1) is 0 Å². The summed E-state index contributed by atoms with van der Waals surface area (Å²) in [7, 11) is 0. The molecular formula is C12H14O5S. The summed E-state index contributed by atoms with van der Waals surface area (Å²) in [5.74, 6) is -3.12. The Labute approximate surface area is 108 Å². The van der Waals surface area contributed by atoms with Crippen molar-refractivity contribution in [1.29, 1.82) is 0 Å². The maximum atomic E-state index is 11.9. The number of benzene rings is 1. The van der Waals surface area contributed by atoms with Gasteiger partial charge in [-0.2, -0.15) is 0 Å². The third-order valence-corrected chi connectivity index (χ3v) is 3.92. The molecule has 2 unspecified atom stereocenters. The highest BCUT2D eigenvalue weighted by Gasteiger charge is 2.25. The molecule has 1 rings (SSSR count). The van der Waals surface area contributed by atoms with Crippen LogP contribution in [0.5, 0.6) is 0 Å². The first kappa shape index (κ1) is 14.5. The Balaban J connectivity index is 2.60. The number of carboxylic acid groups (broad SMARTS) is 2. The lowest BCUT2D eigenvalue weighted by Crippen LogP contribution is -2.24. The summed E-state index contributed by atoms with van der Waals surface area (Å²) >= 11 is -1.42. The molecule has 0 saturated carbocycles. The molecule has 2 atom stereocenters. The maximum Gasteiger partial charge on any atom is 0.311 e. The quantitative estimate of drug-likeness (QED) is 0.729. The second kappa shape index (κ2) is 7.03. The summed E-state index contributed by atoms with van der Waals surface area (Å²) in [5, 5.41) is 17.5. The highest BCUT2D eigenvalue weighted by molar-refractivity contribution is 7.91. The summed E-state index contributed by atoms with van der Waals surface area (Å²) in [4.78, 5) is 21.9. The van der Waals surface area contributed by atoms with Crippen LogP contribution in [0.2, 0.25) is 0 Å². The summed E-state index contributed by atoms with van der Waals surface area (Å²) < 4.78 is 11.9. The molecule has 0 aliphatic heterocycles. The zero-order valence-corrected chi connectivity index (χ0v) is 10.4. The van der Waals surface area contributed by atoms with Gasteiger partial charge in [-0.3, -0.25) is 9.59 Å². The Morgan fingerprint density at radius 3 is 2.33 bits per heavy atom. The molecule has 0 aromatic heterocycles. The summed E-state index contributed by atoms with van der Waals surface area (Å²) in [5.41, 5.74) is 0. The highest BCUT2D eigenvalue weighted by atomic mass is 32.2. The summed E-state index contributed by atoms with van der Waals surface area (Å²) in [6, 6.07) is 8.54. The van der Waals surface area contributed by atoms with Crippen LogP contribution in [0, 0.1) is 5.92 Å². The van der Waals surface area contributed by atoms with Crippen molar-refractivity contribution >= 4 is 23.1 Å². The summed E-state index contributed by atoms with van der Waals surface area (Å²) in [6.07, 6.45) is -0.244. The van der Waals surface area contributed by atoms with Gasteiger partial charge in [-0.1, -0.05) is 18.2 Å². The highest BCUT2D eigenvalue weighted by Crippen LogP contribution is 2.17. The van der Waals surface area contributed by atoms with Gasteiger partial charge in [0.2, 0.25) is 0 Å². The normalized spacial score (nSPS) is 13.8. The number of hydrogen-bond acceptors (Lipinski definition) is 3. The molecule has 1 aromatic carbocycles. The maximum absolute atomic E-state index is 11.9. The van der Waals surface area contributed by atoms with Crippen LogP contribution in [0.4, 0.5) is 0 Å². The number of hydrogen-bond donors (Lipinski definition) is 2. The largest absolute Gasteiger partial charge is 0.611 e. The first-order chi connectivity index (χ1) is 8.50. The molecule has 0 aliphatic carbocycles. The second-order valence-corrected chi connectivity index (χ2v) is 5.29. The molecular weight excluding hydrogens is 256 g/mol. The molecule has 0 radical (unpaired) electrons. The van der Waals surface area contributed by atoms with E-state index < -0.39 is 29.0 Å². The van der Waals surface area contributed by atoms with Crippen molar-refractivity contribution in [2.24, 2.45) is 5.92 Å². The molecule has 0 aliphatic rings. The Bertz CT molecular complexity index is 406. The molecule has 0 fully saturated rings. The van der Waals surface area contributed by atoms with Gasteiger partial charge in [0, 0.05) is 6.42 Å². The molecule has 0 saturated heterocycles. The standard InChI is InChI=1S/C12H14O5S/c13-11(14)7-6-9(12(15)16)8-18(17)10-4-2-1-3-5-10/h1-5,9H,6-8H2,(H,13,14)(H,15,16). The SMILES string of the molecule is O=C(O)CCC(C[S+]([O-])c1ccccc1)C(=O)O.